The van der Waals surface area contributed by atoms with Crippen LogP contribution in [-0.2, 0) is 7.05 Å². The lowest BCUT2D eigenvalue weighted by molar-refractivity contribution is 0.768. The molecule has 0 N–H and O–H groups in total. The van der Waals surface area contributed by atoms with Crippen LogP contribution in [0.5, 0.6) is 0 Å². The highest BCUT2D eigenvalue weighted by molar-refractivity contribution is 5.98. The van der Waals surface area contributed by atoms with E-state index in [0.29, 0.717) is 0 Å². The maximum absolute atomic E-state index is 5.08. The zero-order valence-corrected chi connectivity index (χ0v) is 16.4. The zero-order valence-electron chi connectivity index (χ0n) is 16.4. The van der Waals surface area contributed by atoms with Crippen LogP contribution in [0.3, 0.4) is 0 Å². The summed E-state index contributed by atoms with van der Waals surface area (Å²) < 4.78 is 1.79. The number of nitrogens with zero attached hydrogens (tertiary/aromatic N) is 4. The van der Waals surface area contributed by atoms with E-state index in [1.807, 2.05) is 37.8 Å². The fraction of sp³-hybridized carbons (Fsp3) is 0.0800. The number of fused-ring (bicyclic) bond motifs is 1. The van der Waals surface area contributed by atoms with Crippen LogP contribution in [0.25, 0.3) is 44.5 Å². The summed E-state index contributed by atoms with van der Waals surface area (Å²) in [5.74, 6) is 0. The topological polar surface area (TPSA) is 43.6 Å². The van der Waals surface area contributed by atoms with Crippen LogP contribution in [0.15, 0.2) is 85.3 Å². The maximum atomic E-state index is 5.08. The van der Waals surface area contributed by atoms with Crippen LogP contribution < -0.4 is 0 Å². The second-order valence-electron chi connectivity index (χ2n) is 7.25. The van der Waals surface area contributed by atoms with Crippen molar-refractivity contribution in [3.8, 4) is 33.6 Å². The third-order valence-corrected chi connectivity index (χ3v) is 5.13. The summed E-state index contributed by atoms with van der Waals surface area (Å²) in [6, 6.07) is 23.1. The molecule has 0 saturated carbocycles. The van der Waals surface area contributed by atoms with E-state index in [4.69, 9.17) is 4.98 Å². The van der Waals surface area contributed by atoms with E-state index in [1.54, 1.807) is 4.68 Å². The molecule has 0 unspecified atom stereocenters. The Balaban J connectivity index is 1.81. The van der Waals surface area contributed by atoms with Crippen molar-refractivity contribution in [2.75, 3.05) is 0 Å². The Labute approximate surface area is 169 Å². The SMILES string of the molecule is Cc1ccc(-c2nc3ccnc(-c4cnn(C)c4)c3cc2-c2ccccc2)cc1. The van der Waals surface area contributed by atoms with Gasteiger partial charge in [0.05, 0.1) is 23.1 Å². The first-order valence-electron chi connectivity index (χ1n) is 9.60. The van der Waals surface area contributed by atoms with E-state index in [2.05, 4.69) is 71.6 Å². The Morgan fingerprint density at radius 1 is 0.793 bits per heavy atom. The molecule has 0 radical (unpaired) electrons. The number of hydrogen-bond acceptors (Lipinski definition) is 3. The molecule has 3 aromatic heterocycles. The maximum Gasteiger partial charge on any atom is 0.0827 e. The Bertz CT molecular complexity index is 1300. The number of rotatable bonds is 3. The first kappa shape index (κ1) is 17.3. The monoisotopic (exact) mass is 376 g/mol. The fourth-order valence-electron chi connectivity index (χ4n) is 3.64. The molecule has 140 valence electrons. The van der Waals surface area contributed by atoms with E-state index < -0.39 is 0 Å². The van der Waals surface area contributed by atoms with Gasteiger partial charge in [0.1, 0.15) is 0 Å². The highest BCUT2D eigenvalue weighted by Gasteiger charge is 2.15. The van der Waals surface area contributed by atoms with Crippen LogP contribution in [0.1, 0.15) is 5.56 Å². The summed E-state index contributed by atoms with van der Waals surface area (Å²) in [6.45, 7) is 2.10. The molecular weight excluding hydrogens is 356 g/mol. The molecule has 29 heavy (non-hydrogen) atoms. The lowest BCUT2D eigenvalue weighted by atomic mass is 9.96. The molecule has 0 aliphatic carbocycles. The number of aromatic nitrogens is 4. The molecular formula is C25H20N4. The number of pyridine rings is 2. The third kappa shape index (κ3) is 3.19. The molecule has 3 heterocycles. The third-order valence-electron chi connectivity index (χ3n) is 5.13. The van der Waals surface area contributed by atoms with Crippen molar-refractivity contribution < 1.29 is 0 Å². The lowest BCUT2D eigenvalue weighted by Gasteiger charge is -2.13. The normalized spacial score (nSPS) is 11.1. The molecule has 0 spiro atoms. The van der Waals surface area contributed by atoms with Crippen molar-refractivity contribution in [3.63, 3.8) is 0 Å². The molecule has 0 fully saturated rings. The van der Waals surface area contributed by atoms with Crippen molar-refractivity contribution in [2.24, 2.45) is 7.05 Å². The largest absolute Gasteiger partial charge is 0.275 e. The highest BCUT2D eigenvalue weighted by atomic mass is 15.2. The Morgan fingerprint density at radius 2 is 1.59 bits per heavy atom. The summed E-state index contributed by atoms with van der Waals surface area (Å²) in [7, 11) is 1.91. The highest BCUT2D eigenvalue weighted by Crippen LogP contribution is 2.36. The van der Waals surface area contributed by atoms with Gasteiger partial charge in [-0.1, -0.05) is 60.2 Å². The molecule has 5 aromatic rings. The predicted octanol–water partition coefficient (Wildman–Crippen LogP) is 5.67. The van der Waals surface area contributed by atoms with Crippen molar-refractivity contribution in [2.45, 2.75) is 6.92 Å². The van der Waals surface area contributed by atoms with Gasteiger partial charge >= 0.3 is 0 Å². The standard InChI is InChI=1S/C25H20N4/c1-17-8-10-19(11-9-17)25-21(18-6-4-3-5-7-18)14-22-23(28-25)12-13-26-24(22)20-15-27-29(2)16-20/h3-16H,1-2H3. The fourth-order valence-corrected chi connectivity index (χ4v) is 3.64. The van der Waals surface area contributed by atoms with Gasteiger partial charge in [-0.2, -0.15) is 5.10 Å². The van der Waals surface area contributed by atoms with Crippen LogP contribution in [0.2, 0.25) is 0 Å². The molecule has 4 nitrogen and oxygen atoms in total. The first-order chi connectivity index (χ1) is 14.2. The summed E-state index contributed by atoms with van der Waals surface area (Å²) in [5, 5.41) is 5.33. The smallest absolute Gasteiger partial charge is 0.0827 e. The number of hydrogen-bond donors (Lipinski definition) is 0. The van der Waals surface area contributed by atoms with Gasteiger partial charge in [-0.25, -0.2) is 4.98 Å². The van der Waals surface area contributed by atoms with Gasteiger partial charge in [0.2, 0.25) is 0 Å². The van der Waals surface area contributed by atoms with Crippen LogP contribution in [-0.4, -0.2) is 19.7 Å². The second kappa shape index (κ2) is 6.99. The Kier molecular flexibility index (Phi) is 4.17. The van der Waals surface area contributed by atoms with Gasteiger partial charge in [-0.05, 0) is 24.6 Å². The predicted molar refractivity (Wildman–Crippen MR) is 117 cm³/mol. The van der Waals surface area contributed by atoms with Gasteiger partial charge in [-0.15, -0.1) is 0 Å². The van der Waals surface area contributed by atoms with Crippen molar-refractivity contribution in [1.29, 1.82) is 0 Å². The molecule has 0 saturated heterocycles. The molecule has 0 bridgehead atoms. The van der Waals surface area contributed by atoms with Gasteiger partial charge in [0.25, 0.3) is 0 Å². The van der Waals surface area contributed by atoms with Crippen molar-refractivity contribution in [1.82, 2.24) is 19.7 Å². The van der Waals surface area contributed by atoms with Crippen LogP contribution >= 0.6 is 0 Å². The van der Waals surface area contributed by atoms with E-state index in [-0.39, 0.29) is 0 Å². The minimum Gasteiger partial charge on any atom is -0.275 e. The zero-order chi connectivity index (χ0) is 19.8. The van der Waals surface area contributed by atoms with Gasteiger partial charge < -0.3 is 0 Å². The quantitative estimate of drug-likeness (QED) is 0.407. The molecule has 0 amide bonds. The summed E-state index contributed by atoms with van der Waals surface area (Å²) >= 11 is 0. The number of benzene rings is 2. The van der Waals surface area contributed by atoms with E-state index in [0.717, 1.165) is 44.5 Å². The van der Waals surface area contributed by atoms with Gasteiger partial charge in [0, 0.05) is 41.5 Å². The average Bonchev–Trinajstić information content (AvgIpc) is 3.19. The number of aryl methyl sites for hydroxylation is 2. The second-order valence-corrected chi connectivity index (χ2v) is 7.25. The lowest BCUT2D eigenvalue weighted by Crippen LogP contribution is -1.94. The van der Waals surface area contributed by atoms with Gasteiger partial charge in [-0.3, -0.25) is 9.67 Å². The Morgan fingerprint density at radius 3 is 2.31 bits per heavy atom. The van der Waals surface area contributed by atoms with Crippen molar-refractivity contribution in [3.05, 3.63) is 90.9 Å². The van der Waals surface area contributed by atoms with E-state index in [9.17, 15) is 0 Å². The van der Waals surface area contributed by atoms with Crippen LogP contribution in [0, 0.1) is 6.92 Å². The van der Waals surface area contributed by atoms with E-state index >= 15 is 0 Å². The molecule has 2 aromatic carbocycles. The molecule has 0 aliphatic heterocycles. The summed E-state index contributed by atoms with van der Waals surface area (Å²) in [5.41, 5.74) is 8.37. The Hall–Kier alpha value is -3.79. The molecule has 5 rings (SSSR count). The molecule has 0 aliphatic rings. The molecule has 4 heteroatoms. The van der Waals surface area contributed by atoms with Crippen LogP contribution in [0.4, 0.5) is 0 Å². The minimum absolute atomic E-state index is 0.899. The van der Waals surface area contributed by atoms with E-state index in [1.165, 1.54) is 5.56 Å². The minimum atomic E-state index is 0.899. The summed E-state index contributed by atoms with van der Waals surface area (Å²) in [6.07, 6.45) is 5.65. The molecule has 0 atom stereocenters. The van der Waals surface area contributed by atoms with Crippen molar-refractivity contribution >= 4 is 10.9 Å². The average molecular weight is 376 g/mol. The van der Waals surface area contributed by atoms with Gasteiger partial charge in [0.15, 0.2) is 0 Å². The summed E-state index contributed by atoms with van der Waals surface area (Å²) in [4.78, 5) is 9.72. The first-order valence-corrected chi connectivity index (χ1v) is 9.60.